The molecule has 2 aromatic carbocycles. The highest BCUT2D eigenvalue weighted by Crippen LogP contribution is 2.51. The fourth-order valence-corrected chi connectivity index (χ4v) is 5.28. The molecule has 154 valence electrons. The van der Waals surface area contributed by atoms with Crippen LogP contribution in [0, 0.1) is 12.7 Å². The molecule has 4 rings (SSSR count). The molecular weight excluding hydrogens is 401 g/mol. The molecule has 2 N–H and O–H groups in total. The van der Waals surface area contributed by atoms with Gasteiger partial charge in [0, 0.05) is 17.5 Å². The van der Waals surface area contributed by atoms with E-state index < -0.39 is 34.5 Å². The first-order chi connectivity index (χ1) is 13.8. The Kier molecular flexibility index (Phi) is 4.95. The van der Waals surface area contributed by atoms with Crippen LogP contribution in [0.25, 0.3) is 0 Å². The van der Waals surface area contributed by atoms with Crippen LogP contribution in [0.1, 0.15) is 29.9 Å². The Bertz CT molecular complexity index is 1070. The van der Waals surface area contributed by atoms with E-state index in [1.165, 1.54) is 12.1 Å². The van der Waals surface area contributed by atoms with Crippen molar-refractivity contribution in [1.29, 1.82) is 0 Å². The number of carboxylic acids is 1. The molecule has 1 heterocycles. The maximum Gasteiger partial charge on any atom is 0.341 e. The highest BCUT2D eigenvalue weighted by atomic mass is 32.2. The summed E-state index contributed by atoms with van der Waals surface area (Å²) in [5.74, 6) is -1.14. The molecule has 0 bridgehead atoms. The predicted octanol–water partition coefficient (Wildman–Crippen LogP) is 2.58. The first-order valence-corrected chi connectivity index (χ1v) is 10.7. The summed E-state index contributed by atoms with van der Waals surface area (Å²) >= 11 is 0. The SMILES string of the molecule is Cc1ccc(S(=O)(=O)NC2CCC3Oc4c(OCC(=O)O)cccc4C23)cc1F. The van der Waals surface area contributed by atoms with Crippen molar-refractivity contribution in [1.82, 2.24) is 4.72 Å². The minimum absolute atomic E-state index is 0.123. The second-order valence-corrected chi connectivity index (χ2v) is 8.97. The molecule has 29 heavy (non-hydrogen) atoms. The van der Waals surface area contributed by atoms with Crippen molar-refractivity contribution in [2.24, 2.45) is 0 Å². The fourth-order valence-electron chi connectivity index (χ4n) is 3.98. The van der Waals surface area contributed by atoms with Crippen LogP contribution in [0.4, 0.5) is 4.39 Å². The Hall–Kier alpha value is -2.65. The van der Waals surface area contributed by atoms with E-state index in [2.05, 4.69) is 4.72 Å². The van der Waals surface area contributed by atoms with Gasteiger partial charge in [0.05, 0.1) is 4.90 Å². The summed E-state index contributed by atoms with van der Waals surface area (Å²) < 4.78 is 53.4. The van der Waals surface area contributed by atoms with E-state index in [0.717, 1.165) is 11.6 Å². The molecule has 0 saturated heterocycles. The third-order valence-corrected chi connectivity index (χ3v) is 6.83. The maximum atomic E-state index is 13.8. The van der Waals surface area contributed by atoms with Crippen LogP contribution in [0.2, 0.25) is 0 Å². The van der Waals surface area contributed by atoms with Crippen molar-refractivity contribution < 1.29 is 32.2 Å². The monoisotopic (exact) mass is 421 g/mol. The quantitative estimate of drug-likeness (QED) is 0.743. The molecule has 1 saturated carbocycles. The van der Waals surface area contributed by atoms with Gasteiger partial charge in [0.25, 0.3) is 0 Å². The van der Waals surface area contributed by atoms with Gasteiger partial charge in [0.2, 0.25) is 10.0 Å². The van der Waals surface area contributed by atoms with E-state index in [0.29, 0.717) is 29.9 Å². The van der Waals surface area contributed by atoms with E-state index >= 15 is 0 Å². The summed E-state index contributed by atoms with van der Waals surface area (Å²) in [5, 5.41) is 8.83. The van der Waals surface area contributed by atoms with Crippen LogP contribution < -0.4 is 14.2 Å². The summed E-state index contributed by atoms with van der Waals surface area (Å²) in [6, 6.07) is 8.57. The lowest BCUT2D eigenvalue weighted by atomic mass is 9.94. The number of aryl methyl sites for hydroxylation is 1. The fraction of sp³-hybridized carbons (Fsp3) is 0.350. The number of halogens is 1. The van der Waals surface area contributed by atoms with Gasteiger partial charge in [-0.1, -0.05) is 18.2 Å². The smallest absolute Gasteiger partial charge is 0.341 e. The van der Waals surface area contributed by atoms with Crippen LogP contribution >= 0.6 is 0 Å². The van der Waals surface area contributed by atoms with Crippen molar-refractivity contribution in [3.63, 3.8) is 0 Å². The van der Waals surface area contributed by atoms with Crippen LogP contribution in [0.5, 0.6) is 11.5 Å². The lowest BCUT2D eigenvalue weighted by molar-refractivity contribution is -0.139. The van der Waals surface area contributed by atoms with Crippen molar-refractivity contribution in [2.45, 2.75) is 42.7 Å². The normalized spacial score (nSPS) is 22.6. The lowest BCUT2D eigenvalue weighted by Gasteiger charge is -2.20. The van der Waals surface area contributed by atoms with E-state index in [9.17, 15) is 17.6 Å². The van der Waals surface area contributed by atoms with Gasteiger partial charge in [0.15, 0.2) is 18.1 Å². The third-order valence-electron chi connectivity index (χ3n) is 5.35. The van der Waals surface area contributed by atoms with Crippen LogP contribution in [-0.2, 0) is 14.8 Å². The highest BCUT2D eigenvalue weighted by Gasteiger charge is 2.47. The lowest BCUT2D eigenvalue weighted by Crippen LogP contribution is -2.37. The summed E-state index contributed by atoms with van der Waals surface area (Å²) in [5.41, 5.74) is 1.15. The number of carbonyl (C=O) groups is 1. The summed E-state index contributed by atoms with van der Waals surface area (Å²) in [7, 11) is -3.91. The zero-order valence-corrected chi connectivity index (χ0v) is 16.4. The number of fused-ring (bicyclic) bond motifs is 3. The molecule has 2 aliphatic rings. The van der Waals surface area contributed by atoms with Gasteiger partial charge in [-0.25, -0.2) is 22.3 Å². The number of hydrogen-bond acceptors (Lipinski definition) is 5. The molecule has 7 nitrogen and oxygen atoms in total. The summed E-state index contributed by atoms with van der Waals surface area (Å²) in [6.07, 6.45) is 0.970. The molecule has 3 unspecified atom stereocenters. The number of benzene rings is 2. The molecule has 1 aliphatic carbocycles. The average molecular weight is 421 g/mol. The first kappa shape index (κ1) is 19.7. The van der Waals surface area contributed by atoms with E-state index in [1.807, 2.05) is 6.07 Å². The Balaban J connectivity index is 1.59. The predicted molar refractivity (Wildman–Crippen MR) is 101 cm³/mol. The average Bonchev–Trinajstić information content (AvgIpc) is 3.22. The molecule has 2 aromatic rings. The number of hydrogen-bond donors (Lipinski definition) is 2. The number of para-hydroxylation sites is 1. The van der Waals surface area contributed by atoms with E-state index in [4.69, 9.17) is 14.6 Å². The Morgan fingerprint density at radius 2 is 2.10 bits per heavy atom. The Labute approximate surface area is 167 Å². The first-order valence-electron chi connectivity index (χ1n) is 9.19. The van der Waals surface area contributed by atoms with Gasteiger partial charge in [-0.2, -0.15) is 0 Å². The molecular formula is C20H20FNO6S. The highest BCUT2D eigenvalue weighted by molar-refractivity contribution is 7.89. The largest absolute Gasteiger partial charge is 0.486 e. The number of nitrogens with one attached hydrogen (secondary N) is 1. The Morgan fingerprint density at radius 3 is 2.83 bits per heavy atom. The molecule has 0 amide bonds. The van der Waals surface area contributed by atoms with Crippen molar-refractivity contribution in [3.05, 3.63) is 53.3 Å². The van der Waals surface area contributed by atoms with Gasteiger partial charge < -0.3 is 14.6 Å². The zero-order chi connectivity index (χ0) is 20.8. The van der Waals surface area contributed by atoms with Crippen molar-refractivity contribution in [3.8, 4) is 11.5 Å². The second kappa shape index (κ2) is 7.31. The number of carboxylic acid groups (broad SMARTS) is 1. The molecule has 1 fully saturated rings. The van der Waals surface area contributed by atoms with Gasteiger partial charge in [-0.3, -0.25) is 0 Å². The number of rotatable bonds is 6. The summed E-state index contributed by atoms with van der Waals surface area (Å²) in [6.45, 7) is 1.07. The summed E-state index contributed by atoms with van der Waals surface area (Å²) in [4.78, 5) is 10.7. The standard InChI is InChI=1S/C20H20FNO6S/c1-11-5-6-12(9-14(11)21)29(25,26)22-15-7-8-16-19(15)13-3-2-4-17(20(13)28-16)27-10-18(23)24/h2-6,9,15-16,19,22H,7-8,10H2,1H3,(H,23,24). The minimum Gasteiger partial charge on any atom is -0.486 e. The number of sulfonamides is 1. The Morgan fingerprint density at radius 1 is 1.31 bits per heavy atom. The van der Waals surface area contributed by atoms with Crippen molar-refractivity contribution in [2.75, 3.05) is 6.61 Å². The van der Waals surface area contributed by atoms with Crippen LogP contribution in [0.15, 0.2) is 41.3 Å². The molecule has 9 heteroatoms. The number of aliphatic carboxylic acids is 1. The van der Waals surface area contributed by atoms with Gasteiger partial charge in [-0.05, 0) is 43.5 Å². The molecule has 0 radical (unpaired) electrons. The van der Waals surface area contributed by atoms with E-state index in [-0.39, 0.29) is 16.9 Å². The van der Waals surface area contributed by atoms with Crippen molar-refractivity contribution >= 4 is 16.0 Å². The third kappa shape index (κ3) is 3.67. The molecule has 0 aromatic heterocycles. The molecule has 3 atom stereocenters. The molecule has 0 spiro atoms. The number of ether oxygens (including phenoxy) is 2. The van der Waals surface area contributed by atoms with E-state index in [1.54, 1.807) is 19.1 Å². The topological polar surface area (TPSA) is 102 Å². The van der Waals surface area contributed by atoms with Gasteiger partial charge in [0.1, 0.15) is 11.9 Å². The second-order valence-electron chi connectivity index (χ2n) is 7.26. The maximum absolute atomic E-state index is 13.8. The van der Waals surface area contributed by atoms with Gasteiger partial charge >= 0.3 is 5.97 Å². The minimum atomic E-state index is -3.91. The molecule has 1 aliphatic heterocycles. The van der Waals surface area contributed by atoms with Gasteiger partial charge in [-0.15, -0.1) is 0 Å². The van der Waals surface area contributed by atoms with Crippen LogP contribution in [-0.4, -0.2) is 38.2 Å². The van der Waals surface area contributed by atoms with Crippen LogP contribution in [0.3, 0.4) is 0 Å². The zero-order valence-electron chi connectivity index (χ0n) is 15.6.